The lowest BCUT2D eigenvalue weighted by Crippen LogP contribution is -2.39. The third kappa shape index (κ3) is 5.56. The molecule has 1 unspecified atom stereocenters. The molecule has 5 nitrogen and oxygen atoms in total. The fourth-order valence-corrected chi connectivity index (χ4v) is 3.90. The second-order valence-electron chi connectivity index (χ2n) is 6.48. The van der Waals surface area contributed by atoms with Gasteiger partial charge in [0.1, 0.15) is 5.75 Å². The third-order valence-electron chi connectivity index (χ3n) is 4.46. The second kappa shape index (κ2) is 9.71. The summed E-state index contributed by atoms with van der Waals surface area (Å²) < 4.78 is 11.0. The molecule has 6 heteroatoms. The Balaban J connectivity index is 1.61. The van der Waals surface area contributed by atoms with Crippen LogP contribution in [0.25, 0.3) is 0 Å². The monoisotopic (exact) mass is 374 g/mol. The van der Waals surface area contributed by atoms with Gasteiger partial charge in [0.25, 0.3) is 0 Å². The van der Waals surface area contributed by atoms with Crippen molar-refractivity contribution in [2.75, 3.05) is 26.8 Å². The number of hydrogen-bond donors (Lipinski definition) is 1. The predicted octanol–water partition coefficient (Wildman–Crippen LogP) is 3.05. The minimum absolute atomic E-state index is 0.0342. The Morgan fingerprint density at radius 1 is 1.31 bits per heavy atom. The maximum atomic E-state index is 12.4. The normalized spacial score (nSPS) is 16.8. The van der Waals surface area contributed by atoms with Crippen molar-refractivity contribution in [1.29, 1.82) is 0 Å². The Bertz CT molecular complexity index is 684. The van der Waals surface area contributed by atoms with E-state index < -0.39 is 0 Å². The quantitative estimate of drug-likeness (QED) is 0.733. The average Bonchev–Trinajstić information content (AvgIpc) is 3.34. The molecule has 0 spiro atoms. The molecule has 1 fully saturated rings. The molecule has 0 radical (unpaired) electrons. The smallest absolute Gasteiger partial charge is 0.234 e. The van der Waals surface area contributed by atoms with Gasteiger partial charge in [-0.25, -0.2) is 0 Å². The molecular formula is C20H26N2O3S. The molecule has 1 saturated heterocycles. The summed E-state index contributed by atoms with van der Waals surface area (Å²) in [4.78, 5) is 15.8. The van der Waals surface area contributed by atoms with Crippen molar-refractivity contribution in [1.82, 2.24) is 10.2 Å². The van der Waals surface area contributed by atoms with Crippen LogP contribution in [0.15, 0.2) is 41.8 Å². The Hall–Kier alpha value is -1.89. The van der Waals surface area contributed by atoms with Gasteiger partial charge in [0, 0.05) is 36.7 Å². The molecule has 1 aromatic carbocycles. The summed E-state index contributed by atoms with van der Waals surface area (Å²) in [5.41, 5.74) is 1.08. The first-order valence-electron chi connectivity index (χ1n) is 8.99. The van der Waals surface area contributed by atoms with Gasteiger partial charge in [-0.15, -0.1) is 11.3 Å². The number of hydrogen-bond acceptors (Lipinski definition) is 5. The first kappa shape index (κ1) is 18.9. The Kier molecular flexibility index (Phi) is 7.05. The number of para-hydroxylation sites is 1. The second-order valence-corrected chi connectivity index (χ2v) is 7.51. The molecule has 1 aliphatic heterocycles. The van der Waals surface area contributed by atoms with Crippen molar-refractivity contribution in [3.05, 3.63) is 52.2 Å². The molecule has 0 saturated carbocycles. The molecule has 1 atom stereocenters. The Morgan fingerprint density at radius 2 is 2.19 bits per heavy atom. The zero-order chi connectivity index (χ0) is 18.2. The van der Waals surface area contributed by atoms with Gasteiger partial charge < -0.3 is 14.8 Å². The molecule has 3 rings (SSSR count). The summed E-state index contributed by atoms with van der Waals surface area (Å²) >= 11 is 1.71. The highest BCUT2D eigenvalue weighted by molar-refractivity contribution is 7.09. The van der Waals surface area contributed by atoms with Crippen LogP contribution >= 0.6 is 11.3 Å². The number of carbonyl (C=O) groups is 1. The summed E-state index contributed by atoms with van der Waals surface area (Å²) in [5, 5.41) is 5.08. The van der Waals surface area contributed by atoms with Gasteiger partial charge in [-0.1, -0.05) is 24.3 Å². The molecule has 26 heavy (non-hydrogen) atoms. The van der Waals surface area contributed by atoms with Crippen LogP contribution in [0, 0.1) is 0 Å². The fourth-order valence-electron chi connectivity index (χ4n) is 3.16. The van der Waals surface area contributed by atoms with Gasteiger partial charge in [-0.05, 0) is 30.4 Å². The van der Waals surface area contributed by atoms with E-state index in [1.165, 1.54) is 4.88 Å². The van der Waals surface area contributed by atoms with E-state index in [0.717, 1.165) is 37.3 Å². The lowest BCUT2D eigenvalue weighted by molar-refractivity contribution is -0.123. The average molecular weight is 375 g/mol. The van der Waals surface area contributed by atoms with E-state index in [2.05, 4.69) is 21.7 Å². The van der Waals surface area contributed by atoms with Crippen molar-refractivity contribution < 1.29 is 14.3 Å². The summed E-state index contributed by atoms with van der Waals surface area (Å²) in [6, 6.07) is 12.1. The molecule has 2 aromatic rings. The molecule has 1 aliphatic rings. The van der Waals surface area contributed by atoms with Crippen molar-refractivity contribution in [2.45, 2.75) is 32.0 Å². The highest BCUT2D eigenvalue weighted by Gasteiger charge is 2.18. The van der Waals surface area contributed by atoms with Crippen LogP contribution in [0.3, 0.4) is 0 Å². The zero-order valence-electron chi connectivity index (χ0n) is 15.1. The molecule has 2 heterocycles. The highest BCUT2D eigenvalue weighted by Crippen LogP contribution is 2.21. The largest absolute Gasteiger partial charge is 0.496 e. The maximum absolute atomic E-state index is 12.4. The molecule has 1 N–H and O–H groups in total. The molecule has 1 amide bonds. The van der Waals surface area contributed by atoms with Crippen LogP contribution in [-0.2, 0) is 22.6 Å². The first-order chi connectivity index (χ1) is 12.7. The van der Waals surface area contributed by atoms with E-state index in [9.17, 15) is 4.79 Å². The summed E-state index contributed by atoms with van der Waals surface area (Å²) in [6.07, 6.45) is 2.28. The Morgan fingerprint density at radius 3 is 2.92 bits per heavy atom. The van der Waals surface area contributed by atoms with Gasteiger partial charge in [-0.2, -0.15) is 0 Å². The summed E-state index contributed by atoms with van der Waals surface area (Å²) in [6.45, 7) is 3.15. The molecule has 0 bridgehead atoms. The fraction of sp³-hybridized carbons (Fsp3) is 0.450. The lowest BCUT2D eigenvalue weighted by Gasteiger charge is -2.23. The number of rotatable bonds is 9. The first-order valence-corrected chi connectivity index (χ1v) is 9.87. The van der Waals surface area contributed by atoms with Crippen LogP contribution in [-0.4, -0.2) is 43.7 Å². The minimum Gasteiger partial charge on any atom is -0.496 e. The number of ether oxygens (including phenoxy) is 2. The van der Waals surface area contributed by atoms with Crippen LogP contribution in [0.4, 0.5) is 0 Å². The van der Waals surface area contributed by atoms with Crippen LogP contribution < -0.4 is 10.1 Å². The van der Waals surface area contributed by atoms with Crippen LogP contribution in [0.2, 0.25) is 0 Å². The molecular weight excluding hydrogens is 348 g/mol. The molecule has 140 valence electrons. The van der Waals surface area contributed by atoms with E-state index in [4.69, 9.17) is 9.47 Å². The van der Waals surface area contributed by atoms with E-state index in [-0.39, 0.29) is 12.0 Å². The number of amides is 1. The van der Waals surface area contributed by atoms with Crippen LogP contribution in [0.5, 0.6) is 5.75 Å². The van der Waals surface area contributed by atoms with Gasteiger partial charge in [-0.3, -0.25) is 9.69 Å². The van der Waals surface area contributed by atoms with Gasteiger partial charge in [0.15, 0.2) is 0 Å². The predicted molar refractivity (Wildman–Crippen MR) is 103 cm³/mol. The number of nitrogens with zero attached hydrogens (tertiary/aromatic N) is 1. The standard InChI is InChI=1S/C20H26N2O3S/c1-24-19-9-3-2-6-16(19)13-22(14-18-8-5-11-26-18)15-20(23)21-12-17-7-4-10-25-17/h2-3,5-6,8-9,11,17H,4,7,10,12-15H2,1H3,(H,21,23). The van der Waals surface area contributed by atoms with Gasteiger partial charge >= 0.3 is 0 Å². The SMILES string of the molecule is COc1ccccc1CN(CC(=O)NCC1CCCO1)Cc1cccs1. The summed E-state index contributed by atoms with van der Waals surface area (Å²) in [5.74, 6) is 0.885. The number of methoxy groups -OCH3 is 1. The van der Waals surface area contributed by atoms with E-state index in [1.807, 2.05) is 30.3 Å². The van der Waals surface area contributed by atoms with Gasteiger partial charge in [0.2, 0.25) is 5.91 Å². The van der Waals surface area contributed by atoms with Crippen LogP contribution in [0.1, 0.15) is 23.3 Å². The number of carbonyl (C=O) groups excluding carboxylic acids is 1. The lowest BCUT2D eigenvalue weighted by atomic mass is 10.2. The number of nitrogens with one attached hydrogen (secondary N) is 1. The number of thiophene rings is 1. The van der Waals surface area contributed by atoms with Gasteiger partial charge in [0.05, 0.1) is 19.8 Å². The number of benzene rings is 1. The van der Waals surface area contributed by atoms with Crippen molar-refractivity contribution in [3.63, 3.8) is 0 Å². The van der Waals surface area contributed by atoms with E-state index >= 15 is 0 Å². The highest BCUT2D eigenvalue weighted by atomic mass is 32.1. The van der Waals surface area contributed by atoms with Crippen molar-refractivity contribution in [2.24, 2.45) is 0 Å². The van der Waals surface area contributed by atoms with E-state index in [0.29, 0.717) is 19.6 Å². The van der Waals surface area contributed by atoms with E-state index in [1.54, 1.807) is 18.4 Å². The third-order valence-corrected chi connectivity index (χ3v) is 5.33. The summed E-state index contributed by atoms with van der Waals surface area (Å²) in [7, 11) is 1.68. The minimum atomic E-state index is 0.0342. The van der Waals surface area contributed by atoms with Crippen molar-refractivity contribution >= 4 is 17.2 Å². The zero-order valence-corrected chi connectivity index (χ0v) is 16.0. The topological polar surface area (TPSA) is 50.8 Å². The molecule has 1 aromatic heterocycles. The maximum Gasteiger partial charge on any atom is 0.234 e. The molecule has 0 aliphatic carbocycles. The van der Waals surface area contributed by atoms with Crippen molar-refractivity contribution in [3.8, 4) is 5.75 Å². The Labute approximate surface area is 158 Å².